The Bertz CT molecular complexity index is 717. The highest BCUT2D eigenvalue weighted by atomic mass is 16.3. The van der Waals surface area contributed by atoms with E-state index in [1.165, 1.54) is 0 Å². The molecule has 0 radical (unpaired) electrons. The van der Waals surface area contributed by atoms with Gasteiger partial charge in [-0.3, -0.25) is 0 Å². The molecule has 3 aromatic rings. The summed E-state index contributed by atoms with van der Waals surface area (Å²) in [6, 6.07) is 15.9. The molecule has 20 heavy (non-hydrogen) atoms. The molecule has 4 nitrogen and oxygen atoms in total. The van der Waals surface area contributed by atoms with E-state index in [2.05, 4.69) is 9.97 Å². The van der Waals surface area contributed by atoms with Crippen LogP contribution in [0.25, 0.3) is 22.4 Å². The van der Waals surface area contributed by atoms with Crippen molar-refractivity contribution < 1.29 is 5.11 Å². The van der Waals surface area contributed by atoms with E-state index < -0.39 is 0 Å². The zero-order valence-electron chi connectivity index (χ0n) is 10.9. The third-order valence-corrected chi connectivity index (χ3v) is 3.29. The van der Waals surface area contributed by atoms with Gasteiger partial charge in [-0.25, -0.2) is 4.98 Å². The van der Waals surface area contributed by atoms with Gasteiger partial charge in [-0.15, -0.1) is 0 Å². The van der Waals surface area contributed by atoms with Crippen molar-refractivity contribution in [1.82, 2.24) is 9.97 Å². The Labute approximate surface area is 116 Å². The average molecular weight is 265 g/mol. The van der Waals surface area contributed by atoms with Gasteiger partial charge in [-0.1, -0.05) is 48.5 Å². The van der Waals surface area contributed by atoms with Crippen molar-refractivity contribution in [2.45, 2.75) is 6.61 Å². The van der Waals surface area contributed by atoms with Crippen molar-refractivity contribution in [3.05, 3.63) is 60.3 Å². The van der Waals surface area contributed by atoms with Crippen molar-refractivity contribution in [2.75, 3.05) is 5.73 Å². The third kappa shape index (κ3) is 2.29. The maximum atomic E-state index is 9.39. The smallest absolute Gasteiger partial charge is 0.197 e. The van der Waals surface area contributed by atoms with Gasteiger partial charge in [-0.05, 0) is 22.3 Å². The topological polar surface area (TPSA) is 74.9 Å². The van der Waals surface area contributed by atoms with Crippen LogP contribution in [0.2, 0.25) is 0 Å². The van der Waals surface area contributed by atoms with E-state index in [0.717, 1.165) is 27.9 Å². The van der Waals surface area contributed by atoms with Crippen LogP contribution in [-0.2, 0) is 6.61 Å². The van der Waals surface area contributed by atoms with Gasteiger partial charge in [0, 0.05) is 0 Å². The van der Waals surface area contributed by atoms with E-state index in [-0.39, 0.29) is 6.61 Å². The molecule has 0 spiro atoms. The predicted molar refractivity (Wildman–Crippen MR) is 79.8 cm³/mol. The van der Waals surface area contributed by atoms with Gasteiger partial charge < -0.3 is 15.8 Å². The Kier molecular flexibility index (Phi) is 3.23. The predicted octanol–water partition coefficient (Wildman–Crippen LogP) is 2.82. The molecular weight excluding hydrogens is 250 g/mol. The highest BCUT2D eigenvalue weighted by Gasteiger charge is 2.05. The quantitative estimate of drug-likeness (QED) is 0.681. The molecule has 4 heteroatoms. The molecular formula is C16H15N3O. The number of aromatic amines is 1. The fourth-order valence-corrected chi connectivity index (χ4v) is 2.25. The van der Waals surface area contributed by atoms with Crippen LogP contribution in [0, 0.1) is 0 Å². The Balaban J connectivity index is 1.97. The summed E-state index contributed by atoms with van der Waals surface area (Å²) in [4.78, 5) is 6.99. The molecule has 4 N–H and O–H groups in total. The number of benzene rings is 2. The summed E-state index contributed by atoms with van der Waals surface area (Å²) in [5.74, 6) is 0.412. The standard InChI is InChI=1S/C16H15N3O/c17-16-18-9-15(19-16)12-7-5-11(6-8-12)14-4-2-1-3-13(14)10-20/h1-9,20H,10H2,(H3,17,18,19). The van der Waals surface area contributed by atoms with Crippen LogP contribution in [-0.4, -0.2) is 15.1 Å². The molecule has 0 amide bonds. The van der Waals surface area contributed by atoms with Gasteiger partial charge in [0.25, 0.3) is 0 Å². The molecule has 0 saturated carbocycles. The molecule has 2 aromatic carbocycles. The molecule has 0 unspecified atom stereocenters. The molecule has 0 atom stereocenters. The van der Waals surface area contributed by atoms with Crippen molar-refractivity contribution in [1.29, 1.82) is 0 Å². The lowest BCUT2D eigenvalue weighted by atomic mass is 9.98. The molecule has 0 saturated heterocycles. The first-order valence-electron chi connectivity index (χ1n) is 6.38. The minimum atomic E-state index is 0.0367. The number of aliphatic hydroxyl groups is 1. The van der Waals surface area contributed by atoms with Crippen LogP contribution in [0.1, 0.15) is 5.56 Å². The lowest BCUT2D eigenvalue weighted by Crippen LogP contribution is -1.89. The van der Waals surface area contributed by atoms with Crippen molar-refractivity contribution in [3.8, 4) is 22.4 Å². The molecule has 0 aliphatic heterocycles. The molecule has 3 rings (SSSR count). The van der Waals surface area contributed by atoms with Crippen molar-refractivity contribution in [3.63, 3.8) is 0 Å². The molecule has 0 aliphatic rings. The highest BCUT2D eigenvalue weighted by molar-refractivity contribution is 5.71. The fraction of sp³-hybridized carbons (Fsp3) is 0.0625. The number of anilines is 1. The monoisotopic (exact) mass is 265 g/mol. The number of nitrogen functional groups attached to an aromatic ring is 1. The van der Waals surface area contributed by atoms with Gasteiger partial charge in [0.05, 0.1) is 18.5 Å². The summed E-state index contributed by atoms with van der Waals surface area (Å²) >= 11 is 0. The Morgan fingerprint density at radius 2 is 1.70 bits per heavy atom. The van der Waals surface area contributed by atoms with Gasteiger partial charge in [0.15, 0.2) is 5.95 Å². The summed E-state index contributed by atoms with van der Waals surface area (Å²) < 4.78 is 0. The Morgan fingerprint density at radius 1 is 1.00 bits per heavy atom. The molecule has 0 bridgehead atoms. The summed E-state index contributed by atoms with van der Waals surface area (Å²) in [5.41, 5.74) is 10.5. The minimum absolute atomic E-state index is 0.0367. The molecule has 100 valence electrons. The summed E-state index contributed by atoms with van der Waals surface area (Å²) in [7, 11) is 0. The number of imidazole rings is 1. The zero-order chi connectivity index (χ0) is 13.9. The number of hydrogen-bond donors (Lipinski definition) is 3. The van der Waals surface area contributed by atoms with E-state index in [1.54, 1.807) is 6.20 Å². The molecule has 0 aliphatic carbocycles. The van der Waals surface area contributed by atoms with Crippen LogP contribution in [0.3, 0.4) is 0 Å². The van der Waals surface area contributed by atoms with Crippen LogP contribution in [0.5, 0.6) is 0 Å². The Morgan fingerprint density at radius 3 is 2.35 bits per heavy atom. The van der Waals surface area contributed by atoms with Crippen LogP contribution < -0.4 is 5.73 Å². The maximum Gasteiger partial charge on any atom is 0.197 e. The highest BCUT2D eigenvalue weighted by Crippen LogP contribution is 2.26. The average Bonchev–Trinajstić information content (AvgIpc) is 2.94. The van der Waals surface area contributed by atoms with E-state index >= 15 is 0 Å². The summed E-state index contributed by atoms with van der Waals surface area (Å²) in [5, 5.41) is 9.39. The molecule has 1 aromatic heterocycles. The fourth-order valence-electron chi connectivity index (χ4n) is 2.25. The maximum absolute atomic E-state index is 9.39. The van der Waals surface area contributed by atoms with Gasteiger partial charge in [-0.2, -0.15) is 0 Å². The summed E-state index contributed by atoms with van der Waals surface area (Å²) in [6.45, 7) is 0.0367. The first kappa shape index (κ1) is 12.4. The number of nitrogens with two attached hydrogens (primary N) is 1. The van der Waals surface area contributed by atoms with Gasteiger partial charge in [0.1, 0.15) is 0 Å². The lowest BCUT2D eigenvalue weighted by Gasteiger charge is -2.08. The molecule has 1 heterocycles. The SMILES string of the molecule is Nc1ncc(-c2ccc(-c3ccccc3CO)cc2)[nH]1. The van der Waals surface area contributed by atoms with Crippen LogP contribution >= 0.6 is 0 Å². The molecule has 0 fully saturated rings. The van der Waals surface area contributed by atoms with Crippen molar-refractivity contribution >= 4 is 5.95 Å². The zero-order valence-corrected chi connectivity index (χ0v) is 10.9. The minimum Gasteiger partial charge on any atom is -0.392 e. The number of rotatable bonds is 3. The van der Waals surface area contributed by atoms with E-state index in [1.807, 2.05) is 48.5 Å². The number of nitrogens with one attached hydrogen (secondary N) is 1. The van der Waals surface area contributed by atoms with Crippen LogP contribution in [0.15, 0.2) is 54.7 Å². The first-order valence-corrected chi connectivity index (χ1v) is 6.38. The van der Waals surface area contributed by atoms with E-state index in [9.17, 15) is 5.11 Å². The Hall–Kier alpha value is -2.59. The van der Waals surface area contributed by atoms with E-state index in [0.29, 0.717) is 5.95 Å². The summed E-state index contributed by atoms with van der Waals surface area (Å²) in [6.07, 6.45) is 1.71. The number of hydrogen-bond acceptors (Lipinski definition) is 3. The van der Waals surface area contributed by atoms with Crippen LogP contribution in [0.4, 0.5) is 5.95 Å². The number of nitrogens with zero attached hydrogens (tertiary/aromatic N) is 1. The number of H-pyrrole nitrogens is 1. The van der Waals surface area contributed by atoms with Gasteiger partial charge in [0.2, 0.25) is 0 Å². The first-order chi connectivity index (χ1) is 9.78. The third-order valence-electron chi connectivity index (χ3n) is 3.29. The second kappa shape index (κ2) is 5.19. The number of aliphatic hydroxyl groups excluding tert-OH is 1. The number of aromatic nitrogens is 2. The normalized spacial score (nSPS) is 10.7. The second-order valence-electron chi connectivity index (χ2n) is 4.57. The van der Waals surface area contributed by atoms with Crippen molar-refractivity contribution in [2.24, 2.45) is 0 Å². The van der Waals surface area contributed by atoms with E-state index in [4.69, 9.17) is 5.73 Å². The van der Waals surface area contributed by atoms with Gasteiger partial charge >= 0.3 is 0 Å². The largest absolute Gasteiger partial charge is 0.392 e. The lowest BCUT2D eigenvalue weighted by molar-refractivity contribution is 0.282. The second-order valence-corrected chi connectivity index (χ2v) is 4.57.